The molecular weight excluding hydrogens is 202 g/mol. The van der Waals surface area contributed by atoms with Crippen LogP contribution < -0.4 is 10.5 Å². The number of pyridine rings is 1. The lowest BCUT2D eigenvalue weighted by Gasteiger charge is -2.31. The molecular formula is C12H19N3O. The predicted molar refractivity (Wildman–Crippen MR) is 64.5 cm³/mol. The van der Waals surface area contributed by atoms with Crippen LogP contribution in [-0.2, 0) is 13.0 Å². The minimum absolute atomic E-state index is 0.546. The van der Waals surface area contributed by atoms with Crippen LogP contribution in [-0.4, -0.2) is 29.6 Å². The highest BCUT2D eigenvalue weighted by atomic mass is 16.5. The quantitative estimate of drug-likeness (QED) is 0.821. The summed E-state index contributed by atoms with van der Waals surface area (Å²) in [4.78, 5) is 6.88. The first-order valence-corrected chi connectivity index (χ1v) is 5.68. The molecule has 1 aliphatic heterocycles. The van der Waals surface area contributed by atoms with Crippen molar-refractivity contribution in [2.75, 3.05) is 19.4 Å². The maximum atomic E-state index is 5.85. The third-order valence-electron chi connectivity index (χ3n) is 3.13. The SMILES string of the molecule is COc1nc2c(cc1N)CCN(C(C)C)C2. The first-order valence-electron chi connectivity index (χ1n) is 5.68. The summed E-state index contributed by atoms with van der Waals surface area (Å²) in [5.74, 6) is 0.546. The molecule has 4 heteroatoms. The van der Waals surface area contributed by atoms with Crippen LogP contribution in [0.25, 0.3) is 0 Å². The van der Waals surface area contributed by atoms with Gasteiger partial charge >= 0.3 is 0 Å². The van der Waals surface area contributed by atoms with Crippen molar-refractivity contribution < 1.29 is 4.74 Å². The predicted octanol–water partition coefficient (Wildman–Crippen LogP) is 1.44. The summed E-state index contributed by atoms with van der Waals surface area (Å²) in [7, 11) is 1.61. The topological polar surface area (TPSA) is 51.4 Å². The largest absolute Gasteiger partial charge is 0.480 e. The van der Waals surface area contributed by atoms with Crippen molar-refractivity contribution in [2.24, 2.45) is 0 Å². The average Bonchev–Trinajstić information content (AvgIpc) is 2.27. The zero-order chi connectivity index (χ0) is 11.7. The van der Waals surface area contributed by atoms with E-state index in [0.717, 1.165) is 25.2 Å². The van der Waals surface area contributed by atoms with E-state index in [-0.39, 0.29) is 0 Å². The minimum atomic E-state index is 0.546. The second-order valence-electron chi connectivity index (χ2n) is 4.51. The Hall–Kier alpha value is -1.29. The lowest BCUT2D eigenvalue weighted by molar-refractivity contribution is 0.199. The van der Waals surface area contributed by atoms with E-state index in [9.17, 15) is 0 Å². The first-order chi connectivity index (χ1) is 7.61. The second kappa shape index (κ2) is 4.29. The summed E-state index contributed by atoms with van der Waals surface area (Å²) in [6.45, 7) is 6.39. The van der Waals surface area contributed by atoms with Crippen LogP contribution in [0, 0.1) is 0 Å². The normalized spacial score (nSPS) is 16.2. The molecule has 0 saturated carbocycles. The molecule has 0 amide bonds. The van der Waals surface area contributed by atoms with Gasteiger partial charge in [-0.1, -0.05) is 0 Å². The van der Waals surface area contributed by atoms with Gasteiger partial charge in [0.2, 0.25) is 5.88 Å². The second-order valence-corrected chi connectivity index (χ2v) is 4.51. The summed E-state index contributed by atoms with van der Waals surface area (Å²) in [5, 5.41) is 0. The van der Waals surface area contributed by atoms with Gasteiger partial charge < -0.3 is 10.5 Å². The molecule has 0 radical (unpaired) electrons. The van der Waals surface area contributed by atoms with Gasteiger partial charge in [0.05, 0.1) is 18.5 Å². The maximum Gasteiger partial charge on any atom is 0.237 e. The van der Waals surface area contributed by atoms with Crippen molar-refractivity contribution in [3.05, 3.63) is 17.3 Å². The van der Waals surface area contributed by atoms with Gasteiger partial charge in [0.1, 0.15) is 0 Å². The van der Waals surface area contributed by atoms with Crippen LogP contribution in [0.15, 0.2) is 6.07 Å². The molecule has 2 rings (SSSR count). The Balaban J connectivity index is 2.30. The summed E-state index contributed by atoms with van der Waals surface area (Å²) in [5.41, 5.74) is 8.85. The third kappa shape index (κ3) is 1.97. The van der Waals surface area contributed by atoms with Crippen LogP contribution in [0.1, 0.15) is 25.1 Å². The van der Waals surface area contributed by atoms with Crippen molar-refractivity contribution in [1.29, 1.82) is 0 Å². The fourth-order valence-corrected chi connectivity index (χ4v) is 2.08. The number of hydrogen-bond donors (Lipinski definition) is 1. The molecule has 1 aliphatic rings. The van der Waals surface area contributed by atoms with E-state index in [2.05, 4.69) is 23.7 Å². The van der Waals surface area contributed by atoms with E-state index in [1.165, 1.54) is 5.56 Å². The fraction of sp³-hybridized carbons (Fsp3) is 0.583. The molecule has 0 fully saturated rings. The number of rotatable bonds is 2. The standard InChI is InChI=1S/C12H19N3O/c1-8(2)15-5-4-9-6-10(13)12(16-3)14-11(9)7-15/h6,8H,4-5,7,13H2,1-3H3. The molecule has 2 heterocycles. The summed E-state index contributed by atoms with van der Waals surface area (Å²) in [6.07, 6.45) is 1.02. The molecule has 2 N–H and O–H groups in total. The van der Waals surface area contributed by atoms with Gasteiger partial charge in [-0.3, -0.25) is 4.90 Å². The number of hydrogen-bond acceptors (Lipinski definition) is 4. The van der Waals surface area contributed by atoms with Crippen LogP contribution in [0.5, 0.6) is 5.88 Å². The van der Waals surface area contributed by atoms with Crippen molar-refractivity contribution in [3.63, 3.8) is 0 Å². The molecule has 16 heavy (non-hydrogen) atoms. The molecule has 0 aromatic carbocycles. The molecule has 0 atom stereocenters. The summed E-state index contributed by atoms with van der Waals surface area (Å²) >= 11 is 0. The smallest absolute Gasteiger partial charge is 0.237 e. The Kier molecular flexibility index (Phi) is 3.01. The number of anilines is 1. The van der Waals surface area contributed by atoms with Crippen LogP contribution in [0.4, 0.5) is 5.69 Å². The molecule has 0 bridgehead atoms. The number of nitrogen functional groups attached to an aromatic ring is 1. The van der Waals surface area contributed by atoms with Gasteiger partial charge in [0.15, 0.2) is 0 Å². The first kappa shape index (κ1) is 11.2. The highest BCUT2D eigenvalue weighted by molar-refractivity contribution is 5.51. The molecule has 0 aliphatic carbocycles. The van der Waals surface area contributed by atoms with Crippen LogP contribution >= 0.6 is 0 Å². The van der Waals surface area contributed by atoms with Crippen molar-refractivity contribution in [3.8, 4) is 5.88 Å². The zero-order valence-electron chi connectivity index (χ0n) is 10.2. The van der Waals surface area contributed by atoms with Gasteiger partial charge in [-0.25, -0.2) is 4.98 Å². The van der Waals surface area contributed by atoms with E-state index >= 15 is 0 Å². The maximum absolute atomic E-state index is 5.85. The fourth-order valence-electron chi connectivity index (χ4n) is 2.08. The summed E-state index contributed by atoms with van der Waals surface area (Å²) in [6, 6.07) is 2.55. The molecule has 0 spiro atoms. The lowest BCUT2D eigenvalue weighted by atomic mass is 10.0. The molecule has 0 unspecified atom stereocenters. The Morgan fingerprint density at radius 2 is 2.25 bits per heavy atom. The Bertz CT molecular complexity index is 390. The number of nitrogens with two attached hydrogens (primary N) is 1. The van der Waals surface area contributed by atoms with Crippen LogP contribution in [0.3, 0.4) is 0 Å². The van der Waals surface area contributed by atoms with Gasteiger partial charge in [-0.05, 0) is 31.9 Å². The van der Waals surface area contributed by atoms with E-state index < -0.39 is 0 Å². The minimum Gasteiger partial charge on any atom is -0.480 e. The van der Waals surface area contributed by atoms with Gasteiger partial charge in [-0.15, -0.1) is 0 Å². The monoisotopic (exact) mass is 221 g/mol. The highest BCUT2D eigenvalue weighted by Crippen LogP contribution is 2.26. The third-order valence-corrected chi connectivity index (χ3v) is 3.13. The number of fused-ring (bicyclic) bond motifs is 1. The number of ether oxygens (including phenoxy) is 1. The van der Waals surface area contributed by atoms with E-state index in [1.54, 1.807) is 7.11 Å². The molecule has 1 aromatic rings. The Morgan fingerprint density at radius 3 is 2.88 bits per heavy atom. The Morgan fingerprint density at radius 1 is 1.50 bits per heavy atom. The summed E-state index contributed by atoms with van der Waals surface area (Å²) < 4.78 is 5.15. The molecule has 4 nitrogen and oxygen atoms in total. The molecule has 1 aromatic heterocycles. The number of methoxy groups -OCH3 is 1. The van der Waals surface area contributed by atoms with Gasteiger partial charge in [0.25, 0.3) is 0 Å². The zero-order valence-corrected chi connectivity index (χ0v) is 10.2. The lowest BCUT2D eigenvalue weighted by Crippen LogP contribution is -2.36. The average molecular weight is 221 g/mol. The number of nitrogens with zero attached hydrogens (tertiary/aromatic N) is 2. The van der Waals surface area contributed by atoms with E-state index in [1.807, 2.05) is 6.07 Å². The highest BCUT2D eigenvalue weighted by Gasteiger charge is 2.21. The van der Waals surface area contributed by atoms with Gasteiger partial charge in [-0.2, -0.15) is 0 Å². The molecule has 0 saturated heterocycles. The Labute approximate surface area is 96.4 Å². The van der Waals surface area contributed by atoms with Crippen molar-refractivity contribution in [2.45, 2.75) is 32.9 Å². The van der Waals surface area contributed by atoms with E-state index in [0.29, 0.717) is 17.6 Å². The molecule has 88 valence electrons. The van der Waals surface area contributed by atoms with Crippen molar-refractivity contribution >= 4 is 5.69 Å². The number of aromatic nitrogens is 1. The van der Waals surface area contributed by atoms with Crippen molar-refractivity contribution in [1.82, 2.24) is 9.88 Å². The van der Waals surface area contributed by atoms with E-state index in [4.69, 9.17) is 10.5 Å². The van der Waals surface area contributed by atoms with Crippen LogP contribution in [0.2, 0.25) is 0 Å². The van der Waals surface area contributed by atoms with Gasteiger partial charge in [0, 0.05) is 19.1 Å².